The van der Waals surface area contributed by atoms with Crippen LogP contribution >= 0.6 is 43.8 Å². The van der Waals surface area contributed by atoms with Crippen molar-refractivity contribution in [2.24, 2.45) is 0 Å². The minimum Gasteiger partial charge on any atom is -0.345 e. The lowest BCUT2D eigenvalue weighted by Crippen LogP contribution is -1.64. The molecule has 0 radical (unpaired) electrons. The Labute approximate surface area is 184 Å². The second-order valence-electron chi connectivity index (χ2n) is 9.09. The summed E-state index contributed by atoms with van der Waals surface area (Å²) in [6.45, 7) is 21.7. The summed E-state index contributed by atoms with van der Waals surface area (Å²) < 4.78 is 59.5. The maximum atomic E-state index is 10.2. The van der Waals surface area contributed by atoms with Crippen LogP contribution in [0.2, 0.25) is 0 Å². The molecule has 0 aliphatic rings. The molecule has 0 aliphatic heterocycles. The zero-order chi connectivity index (χ0) is 27.0. The van der Waals surface area contributed by atoms with Crippen LogP contribution in [-0.2, 0) is 27.4 Å². The third-order valence-corrected chi connectivity index (χ3v) is 0. The van der Waals surface area contributed by atoms with Crippen LogP contribution in [0.4, 0.5) is 0 Å². The zero-order valence-electron chi connectivity index (χ0n) is 20.9. The van der Waals surface area contributed by atoms with E-state index >= 15 is 0 Å². The molecular formula is C14H46O10P6. The fourth-order valence-corrected chi connectivity index (χ4v) is 0. The van der Waals surface area contributed by atoms with Crippen molar-refractivity contribution >= 4 is 43.8 Å². The van der Waals surface area contributed by atoms with Crippen molar-refractivity contribution in [2.45, 2.75) is 0 Å². The molecule has 0 amide bonds. The molecule has 16 heteroatoms. The summed E-state index contributed by atoms with van der Waals surface area (Å²) in [4.78, 5) is 31.4. The molecule has 0 aliphatic carbocycles. The maximum Gasteiger partial charge on any atom is 0.322 e. The highest BCUT2D eigenvalue weighted by Gasteiger charge is 1.95. The first-order chi connectivity index (χ1) is 12.0. The van der Waals surface area contributed by atoms with Crippen LogP contribution in [0, 0.1) is 0 Å². The van der Waals surface area contributed by atoms with E-state index in [9.17, 15) is 27.4 Å². The standard InChI is InChI=1S/3C3H9OP.2C2H7O2P.CH5O3P/c6*1-5(2,3)4/h3*1-3H3;2*1-2H3,(H,3,4);1H3,(H2,2,3,4). The van der Waals surface area contributed by atoms with Crippen LogP contribution in [0.25, 0.3) is 0 Å². The van der Waals surface area contributed by atoms with Gasteiger partial charge in [-0.1, -0.05) is 0 Å². The van der Waals surface area contributed by atoms with Gasteiger partial charge in [-0.15, -0.1) is 0 Å². The number of hydrogen-bond acceptors (Lipinski definition) is 6. The third kappa shape index (κ3) is 15600. The van der Waals surface area contributed by atoms with Crippen molar-refractivity contribution in [3.05, 3.63) is 0 Å². The Morgan fingerprint density at radius 2 is 0.333 bits per heavy atom. The third-order valence-electron chi connectivity index (χ3n) is 0. The van der Waals surface area contributed by atoms with Crippen molar-refractivity contribution in [3.8, 4) is 0 Å². The van der Waals surface area contributed by atoms with E-state index in [0.717, 1.165) is 6.66 Å². The molecule has 30 heavy (non-hydrogen) atoms. The van der Waals surface area contributed by atoms with Gasteiger partial charge in [-0.3, -0.25) is 13.7 Å². The second kappa shape index (κ2) is 18.6. The van der Waals surface area contributed by atoms with Crippen LogP contribution in [0.1, 0.15) is 0 Å². The van der Waals surface area contributed by atoms with E-state index in [1.807, 2.05) is 0 Å². The minimum absolute atomic E-state index is 0.854. The molecule has 0 saturated carbocycles. The Kier molecular flexibility index (Phi) is 27.8. The van der Waals surface area contributed by atoms with Crippen molar-refractivity contribution in [1.82, 2.24) is 0 Å². The molecule has 0 fully saturated rings. The molecule has 4 N–H and O–H groups in total. The van der Waals surface area contributed by atoms with Crippen LogP contribution in [0.5, 0.6) is 0 Å². The van der Waals surface area contributed by atoms with Crippen LogP contribution in [0.15, 0.2) is 0 Å². The van der Waals surface area contributed by atoms with Crippen molar-refractivity contribution in [2.75, 3.05) is 93.3 Å². The van der Waals surface area contributed by atoms with Gasteiger partial charge in [-0.05, 0) is 60.0 Å². The lowest BCUT2D eigenvalue weighted by atomic mass is 11.9. The number of rotatable bonds is 0. The van der Waals surface area contributed by atoms with E-state index in [0.29, 0.717) is 0 Å². The molecule has 0 atom stereocenters. The van der Waals surface area contributed by atoms with Gasteiger partial charge in [0.15, 0.2) is 14.7 Å². The monoisotopic (exact) mass is 560 g/mol. The van der Waals surface area contributed by atoms with Crippen LogP contribution in [0.3, 0.4) is 0 Å². The first-order valence-corrected chi connectivity index (χ1v) is 24.5. The highest BCUT2D eigenvalue weighted by atomic mass is 31.2. The zero-order valence-corrected chi connectivity index (χ0v) is 26.3. The number of hydrogen-bond donors (Lipinski definition) is 4. The summed E-state index contributed by atoms with van der Waals surface area (Å²) in [5.41, 5.74) is 0. The smallest absolute Gasteiger partial charge is 0.322 e. The molecule has 0 unspecified atom stereocenters. The largest absolute Gasteiger partial charge is 0.345 e. The lowest BCUT2D eigenvalue weighted by Gasteiger charge is -1.86. The average molecular weight is 560 g/mol. The molecule has 0 heterocycles. The van der Waals surface area contributed by atoms with E-state index in [1.54, 1.807) is 60.0 Å². The quantitative estimate of drug-likeness (QED) is 0.307. The minimum atomic E-state index is -3.64. The van der Waals surface area contributed by atoms with Gasteiger partial charge in [-0.25, -0.2) is 0 Å². The van der Waals surface area contributed by atoms with E-state index in [2.05, 4.69) is 0 Å². The second-order valence-corrected chi connectivity index (χ2v) is 27.3. The molecule has 0 spiro atoms. The Hall–Kier alpha value is 1.22. The van der Waals surface area contributed by atoms with E-state index in [1.165, 1.54) is 26.7 Å². The fraction of sp³-hybridized carbons (Fsp3) is 1.00. The van der Waals surface area contributed by atoms with Gasteiger partial charge in [-0.2, -0.15) is 0 Å². The van der Waals surface area contributed by atoms with Gasteiger partial charge in [0, 0.05) is 33.3 Å². The van der Waals surface area contributed by atoms with Gasteiger partial charge < -0.3 is 33.3 Å². The fourth-order valence-electron chi connectivity index (χ4n) is 0. The maximum absolute atomic E-state index is 10.2. The Balaban J connectivity index is -0.0000000576. The predicted octanol–water partition coefficient (Wildman–Crippen LogP) is 4.54. The average Bonchev–Trinajstić information content (AvgIpc) is 1.94. The van der Waals surface area contributed by atoms with Crippen LogP contribution in [-0.4, -0.2) is 113 Å². The molecule has 0 aromatic carbocycles. The van der Waals surface area contributed by atoms with E-state index in [-0.39, 0.29) is 0 Å². The topological polar surface area (TPSA) is 183 Å². The van der Waals surface area contributed by atoms with Gasteiger partial charge >= 0.3 is 7.60 Å². The molecule has 0 aromatic heterocycles. The normalized spacial score (nSPS) is 11.8. The van der Waals surface area contributed by atoms with Crippen molar-refractivity contribution in [1.29, 1.82) is 0 Å². The van der Waals surface area contributed by atoms with E-state index in [4.69, 9.17) is 19.6 Å². The Morgan fingerprint density at radius 1 is 0.333 bits per heavy atom. The van der Waals surface area contributed by atoms with Gasteiger partial charge in [0.1, 0.15) is 0 Å². The molecule has 0 saturated heterocycles. The van der Waals surface area contributed by atoms with Crippen LogP contribution < -0.4 is 0 Å². The van der Waals surface area contributed by atoms with Gasteiger partial charge in [0.25, 0.3) is 0 Å². The molecule has 0 rings (SSSR count). The highest BCUT2D eigenvalue weighted by Crippen LogP contribution is 2.30. The highest BCUT2D eigenvalue weighted by molar-refractivity contribution is 7.62. The van der Waals surface area contributed by atoms with E-state index < -0.39 is 43.8 Å². The van der Waals surface area contributed by atoms with Crippen molar-refractivity contribution in [3.63, 3.8) is 0 Å². The summed E-state index contributed by atoms with van der Waals surface area (Å²) in [7, 11) is -13.8. The SMILES string of the molecule is CP(=O)(O)O.CP(C)(=O)O.CP(C)(=O)O.CP(C)(C)=O.CP(C)(C)=O.CP(C)(C)=O. The molecule has 0 aromatic rings. The Bertz CT molecular complexity index is 477. The molecule has 10 nitrogen and oxygen atoms in total. The molecule has 192 valence electrons. The summed E-state index contributed by atoms with van der Waals surface area (Å²) in [6.07, 6.45) is 0. The van der Waals surface area contributed by atoms with Crippen molar-refractivity contribution < 1.29 is 47.0 Å². The first kappa shape index (κ1) is 44.8. The summed E-state index contributed by atoms with van der Waals surface area (Å²) in [6, 6.07) is 0. The molecular weight excluding hydrogens is 514 g/mol. The lowest BCUT2D eigenvalue weighted by molar-refractivity contribution is 0.381. The summed E-state index contributed by atoms with van der Waals surface area (Å²) in [5, 5.41) is 0. The first-order valence-electron chi connectivity index (χ1n) is 8.16. The predicted molar refractivity (Wildman–Crippen MR) is 137 cm³/mol. The Morgan fingerprint density at radius 3 is 0.333 bits per heavy atom. The summed E-state index contributed by atoms with van der Waals surface area (Å²) in [5.74, 6) is 0. The molecule has 0 bridgehead atoms. The summed E-state index contributed by atoms with van der Waals surface area (Å²) >= 11 is 0. The van der Waals surface area contributed by atoms with Gasteiger partial charge in [0.05, 0.1) is 21.4 Å². The van der Waals surface area contributed by atoms with Gasteiger partial charge in [0.2, 0.25) is 0 Å².